The molecule has 170 valence electrons. The van der Waals surface area contributed by atoms with E-state index in [1.807, 2.05) is 49.9 Å². The molecule has 1 aromatic carbocycles. The van der Waals surface area contributed by atoms with Crippen molar-refractivity contribution in [2.45, 2.75) is 45.7 Å². The lowest BCUT2D eigenvalue weighted by atomic mass is 9.85. The Bertz CT molecular complexity index is 827. The summed E-state index contributed by atoms with van der Waals surface area (Å²) in [4.78, 5) is 43.8. The number of carbonyl (C=O) groups is 3. The minimum atomic E-state index is -0.554. The van der Waals surface area contributed by atoms with Crippen molar-refractivity contribution in [2.75, 3.05) is 45.1 Å². The number of anilines is 1. The molecular weight excluding hydrogens is 394 g/mol. The van der Waals surface area contributed by atoms with Crippen molar-refractivity contribution in [3.63, 3.8) is 0 Å². The number of piperazine rings is 1. The zero-order valence-corrected chi connectivity index (χ0v) is 19.1. The predicted molar refractivity (Wildman–Crippen MR) is 121 cm³/mol. The van der Waals surface area contributed by atoms with Gasteiger partial charge in [0.1, 0.15) is 12.1 Å². The van der Waals surface area contributed by atoms with Crippen LogP contribution >= 0.6 is 0 Å². The van der Waals surface area contributed by atoms with Crippen molar-refractivity contribution >= 4 is 23.4 Å². The lowest BCUT2D eigenvalue weighted by Gasteiger charge is -2.36. The number of likely N-dealkylation sites (N-methyl/N-ethyl adjacent to an activating group) is 1. The van der Waals surface area contributed by atoms with E-state index in [4.69, 9.17) is 5.73 Å². The van der Waals surface area contributed by atoms with Crippen molar-refractivity contribution < 1.29 is 14.4 Å². The van der Waals surface area contributed by atoms with Crippen LogP contribution < -0.4 is 11.1 Å². The van der Waals surface area contributed by atoms with Crippen LogP contribution in [0.5, 0.6) is 0 Å². The summed E-state index contributed by atoms with van der Waals surface area (Å²) in [6, 6.07) is 6.21. The minimum Gasteiger partial charge on any atom is -0.373 e. The normalized spacial score (nSPS) is 21.1. The van der Waals surface area contributed by atoms with Gasteiger partial charge in [0.05, 0.1) is 0 Å². The molecule has 3 rings (SSSR count). The number of carbonyl (C=O) groups excluding carboxylic acids is 3. The van der Waals surface area contributed by atoms with Gasteiger partial charge in [-0.05, 0) is 43.5 Å². The molecule has 2 atom stereocenters. The van der Waals surface area contributed by atoms with Crippen molar-refractivity contribution in [3.8, 4) is 0 Å². The highest BCUT2D eigenvalue weighted by Crippen LogP contribution is 2.28. The van der Waals surface area contributed by atoms with Crippen LogP contribution in [0.15, 0.2) is 24.3 Å². The van der Waals surface area contributed by atoms with Crippen molar-refractivity contribution in [3.05, 3.63) is 29.8 Å². The molecule has 3 N–H and O–H groups in total. The molecule has 0 radical (unpaired) electrons. The summed E-state index contributed by atoms with van der Waals surface area (Å²) in [6.45, 7) is 9.62. The van der Waals surface area contributed by atoms with Crippen LogP contribution in [0.25, 0.3) is 0 Å². The Balaban J connectivity index is 1.78. The zero-order valence-electron chi connectivity index (χ0n) is 19.1. The summed E-state index contributed by atoms with van der Waals surface area (Å²) in [7, 11) is 2.05. The SMILES string of the molecule is CN1CCN(C(=O)c2cccc(N[C@H](C(=O)N3CCC[C@H]3C(N)=O)C(C)(C)C)c2)CC1. The minimum absolute atomic E-state index is 0.00344. The molecule has 2 heterocycles. The Morgan fingerprint density at radius 2 is 1.77 bits per heavy atom. The topological polar surface area (TPSA) is 99.0 Å². The fourth-order valence-corrected chi connectivity index (χ4v) is 4.24. The number of hydrogen-bond acceptors (Lipinski definition) is 5. The summed E-state index contributed by atoms with van der Waals surface area (Å²) < 4.78 is 0. The maximum Gasteiger partial charge on any atom is 0.254 e. The van der Waals surface area contributed by atoms with Crippen LogP contribution in [0, 0.1) is 5.41 Å². The molecule has 0 aliphatic carbocycles. The number of benzene rings is 1. The predicted octanol–water partition coefficient (Wildman–Crippen LogP) is 1.38. The molecule has 2 saturated heterocycles. The van der Waals surface area contributed by atoms with Crippen molar-refractivity contribution in [1.82, 2.24) is 14.7 Å². The van der Waals surface area contributed by atoms with Crippen LogP contribution in [-0.4, -0.2) is 84.3 Å². The van der Waals surface area contributed by atoms with Gasteiger partial charge in [0.25, 0.3) is 5.91 Å². The standard InChI is InChI=1S/C23H35N5O3/c1-23(2,3)19(22(31)28-10-6-9-18(28)20(24)29)25-17-8-5-7-16(15-17)21(30)27-13-11-26(4)12-14-27/h5,7-8,15,18-19,25H,6,9-14H2,1-4H3,(H2,24,29)/t18-,19+/m0/s1. The van der Waals surface area contributed by atoms with Gasteiger partial charge in [0.15, 0.2) is 0 Å². The maximum absolute atomic E-state index is 13.4. The number of primary amides is 1. The number of rotatable bonds is 5. The van der Waals surface area contributed by atoms with Crippen LogP contribution in [0.1, 0.15) is 44.0 Å². The first kappa shape index (κ1) is 23.1. The van der Waals surface area contributed by atoms with E-state index >= 15 is 0 Å². The molecule has 1 aromatic rings. The summed E-state index contributed by atoms with van der Waals surface area (Å²) in [5.41, 5.74) is 6.43. The molecule has 0 unspecified atom stereocenters. The van der Waals surface area contributed by atoms with Gasteiger partial charge >= 0.3 is 0 Å². The Kier molecular flexibility index (Phi) is 6.89. The second kappa shape index (κ2) is 9.26. The third kappa shape index (κ3) is 5.36. The molecule has 2 fully saturated rings. The van der Waals surface area contributed by atoms with E-state index in [-0.39, 0.29) is 11.8 Å². The van der Waals surface area contributed by atoms with Gasteiger partial charge < -0.3 is 25.8 Å². The molecule has 31 heavy (non-hydrogen) atoms. The van der Waals surface area contributed by atoms with E-state index < -0.39 is 23.4 Å². The fourth-order valence-electron chi connectivity index (χ4n) is 4.24. The lowest BCUT2D eigenvalue weighted by Crippen LogP contribution is -2.53. The maximum atomic E-state index is 13.4. The molecule has 0 aromatic heterocycles. The molecule has 8 heteroatoms. The van der Waals surface area contributed by atoms with Gasteiger partial charge in [0, 0.05) is 44.0 Å². The van der Waals surface area contributed by atoms with E-state index in [2.05, 4.69) is 17.3 Å². The fraction of sp³-hybridized carbons (Fsp3) is 0.609. The molecule has 3 amide bonds. The largest absolute Gasteiger partial charge is 0.373 e. The summed E-state index contributed by atoms with van der Waals surface area (Å²) in [5.74, 6) is -0.591. The Morgan fingerprint density at radius 1 is 1.10 bits per heavy atom. The molecule has 0 spiro atoms. The summed E-state index contributed by atoms with van der Waals surface area (Å²) >= 11 is 0. The summed E-state index contributed by atoms with van der Waals surface area (Å²) in [6.07, 6.45) is 1.37. The van der Waals surface area contributed by atoms with Crippen molar-refractivity contribution in [1.29, 1.82) is 0 Å². The second-order valence-corrected chi connectivity index (χ2v) is 9.71. The van der Waals surface area contributed by atoms with Gasteiger partial charge in [-0.15, -0.1) is 0 Å². The van der Waals surface area contributed by atoms with Gasteiger partial charge in [0.2, 0.25) is 11.8 Å². The Morgan fingerprint density at radius 3 is 2.39 bits per heavy atom. The molecule has 2 aliphatic rings. The molecule has 0 bridgehead atoms. The van der Waals surface area contributed by atoms with Crippen LogP contribution in [0.4, 0.5) is 5.69 Å². The van der Waals surface area contributed by atoms with E-state index in [9.17, 15) is 14.4 Å². The number of nitrogens with two attached hydrogens (primary N) is 1. The third-order valence-corrected chi connectivity index (χ3v) is 6.19. The highest BCUT2D eigenvalue weighted by atomic mass is 16.2. The number of likely N-dealkylation sites (tertiary alicyclic amines) is 1. The van der Waals surface area contributed by atoms with Crippen molar-refractivity contribution in [2.24, 2.45) is 11.1 Å². The van der Waals surface area contributed by atoms with Gasteiger partial charge in [-0.25, -0.2) is 0 Å². The molecule has 0 saturated carbocycles. The number of nitrogens with one attached hydrogen (secondary N) is 1. The second-order valence-electron chi connectivity index (χ2n) is 9.71. The molecule has 2 aliphatic heterocycles. The third-order valence-electron chi connectivity index (χ3n) is 6.19. The van der Waals surface area contributed by atoms with E-state index in [1.165, 1.54) is 0 Å². The van der Waals surface area contributed by atoms with E-state index in [0.29, 0.717) is 37.3 Å². The van der Waals surface area contributed by atoms with E-state index in [0.717, 1.165) is 19.5 Å². The average molecular weight is 430 g/mol. The molecular formula is C23H35N5O3. The lowest BCUT2D eigenvalue weighted by molar-refractivity contribution is -0.139. The number of hydrogen-bond donors (Lipinski definition) is 2. The van der Waals surface area contributed by atoms with Gasteiger partial charge in [-0.2, -0.15) is 0 Å². The van der Waals surface area contributed by atoms with Crippen LogP contribution in [0.2, 0.25) is 0 Å². The quantitative estimate of drug-likeness (QED) is 0.737. The zero-order chi connectivity index (χ0) is 22.8. The first-order valence-corrected chi connectivity index (χ1v) is 11.0. The van der Waals surface area contributed by atoms with Gasteiger partial charge in [-0.3, -0.25) is 14.4 Å². The average Bonchev–Trinajstić information content (AvgIpc) is 3.21. The Hall–Kier alpha value is -2.61. The van der Waals surface area contributed by atoms with E-state index in [1.54, 1.807) is 4.90 Å². The number of amides is 3. The highest BCUT2D eigenvalue weighted by molar-refractivity contribution is 5.96. The smallest absolute Gasteiger partial charge is 0.254 e. The summed E-state index contributed by atoms with van der Waals surface area (Å²) in [5, 5.41) is 3.34. The Labute approximate surface area is 184 Å². The first-order chi connectivity index (χ1) is 14.6. The van der Waals surface area contributed by atoms with Crippen LogP contribution in [0.3, 0.4) is 0 Å². The number of nitrogens with zero attached hydrogens (tertiary/aromatic N) is 3. The first-order valence-electron chi connectivity index (χ1n) is 11.0. The van der Waals surface area contributed by atoms with Crippen LogP contribution in [-0.2, 0) is 9.59 Å². The molecule has 8 nitrogen and oxygen atoms in total. The van der Waals surface area contributed by atoms with Gasteiger partial charge in [-0.1, -0.05) is 26.8 Å². The monoisotopic (exact) mass is 429 g/mol. The highest BCUT2D eigenvalue weighted by Gasteiger charge is 2.40.